The molecule has 2 aromatic carbocycles. The van der Waals surface area contributed by atoms with Crippen LogP contribution in [-0.2, 0) is 13.2 Å². The predicted molar refractivity (Wildman–Crippen MR) is 88.2 cm³/mol. The van der Waals surface area contributed by atoms with Crippen LogP contribution in [0.2, 0.25) is 0 Å². The fourth-order valence-corrected chi connectivity index (χ4v) is 2.25. The smallest absolute Gasteiger partial charge is 0.161 e. The fourth-order valence-electron chi connectivity index (χ4n) is 2.25. The van der Waals surface area contributed by atoms with Crippen LogP contribution in [0.1, 0.15) is 11.1 Å². The Morgan fingerprint density at radius 2 is 1.64 bits per heavy atom. The van der Waals surface area contributed by atoms with Crippen molar-refractivity contribution >= 4 is 12.4 Å². The number of hydrogen-bond acceptors (Lipinski definition) is 4. The lowest BCUT2D eigenvalue weighted by Crippen LogP contribution is -2.15. The van der Waals surface area contributed by atoms with E-state index in [0.29, 0.717) is 19.8 Å². The van der Waals surface area contributed by atoms with Crippen molar-refractivity contribution in [3.63, 3.8) is 0 Å². The molecular formula is C17H20ClNO3. The molecular weight excluding hydrogens is 302 g/mol. The summed E-state index contributed by atoms with van der Waals surface area (Å²) >= 11 is 0. The first-order valence-corrected chi connectivity index (χ1v) is 7.10. The van der Waals surface area contributed by atoms with E-state index in [1.807, 2.05) is 37.4 Å². The third-order valence-corrected chi connectivity index (χ3v) is 3.32. The number of ether oxygens (including phenoxy) is 3. The molecule has 0 amide bonds. The van der Waals surface area contributed by atoms with Gasteiger partial charge in [0.2, 0.25) is 0 Å². The Labute approximate surface area is 136 Å². The first-order valence-electron chi connectivity index (χ1n) is 7.10. The molecule has 118 valence electrons. The highest BCUT2D eigenvalue weighted by molar-refractivity contribution is 5.85. The Morgan fingerprint density at radius 3 is 2.36 bits per heavy atom. The molecule has 0 saturated carbocycles. The van der Waals surface area contributed by atoms with Crippen molar-refractivity contribution in [1.29, 1.82) is 0 Å². The van der Waals surface area contributed by atoms with Gasteiger partial charge in [0.25, 0.3) is 0 Å². The van der Waals surface area contributed by atoms with Gasteiger partial charge in [0, 0.05) is 6.54 Å². The van der Waals surface area contributed by atoms with Gasteiger partial charge in [0.15, 0.2) is 11.5 Å². The van der Waals surface area contributed by atoms with E-state index in [1.54, 1.807) is 0 Å². The number of rotatable bonds is 5. The molecule has 2 aromatic rings. The van der Waals surface area contributed by atoms with Crippen molar-refractivity contribution in [2.45, 2.75) is 13.2 Å². The maximum absolute atomic E-state index is 5.80. The van der Waals surface area contributed by atoms with Gasteiger partial charge in [-0.1, -0.05) is 18.2 Å². The van der Waals surface area contributed by atoms with Gasteiger partial charge in [-0.15, -0.1) is 12.4 Å². The number of nitrogens with one attached hydrogen (secondary N) is 1. The van der Waals surface area contributed by atoms with E-state index in [9.17, 15) is 0 Å². The maximum atomic E-state index is 5.80. The minimum atomic E-state index is 0. The van der Waals surface area contributed by atoms with Crippen molar-refractivity contribution < 1.29 is 14.2 Å². The minimum absolute atomic E-state index is 0. The Bertz CT molecular complexity index is 601. The average molecular weight is 322 g/mol. The first-order chi connectivity index (χ1) is 10.3. The van der Waals surface area contributed by atoms with Gasteiger partial charge in [-0.05, 0) is 42.4 Å². The Hall–Kier alpha value is -1.91. The second-order valence-corrected chi connectivity index (χ2v) is 4.94. The van der Waals surface area contributed by atoms with Gasteiger partial charge in [-0.2, -0.15) is 0 Å². The summed E-state index contributed by atoms with van der Waals surface area (Å²) in [5, 5.41) is 3.12. The van der Waals surface area contributed by atoms with Crippen molar-refractivity contribution in [3.8, 4) is 17.2 Å². The molecule has 22 heavy (non-hydrogen) atoms. The lowest BCUT2D eigenvalue weighted by Gasteiger charge is -2.19. The molecule has 0 saturated heterocycles. The monoisotopic (exact) mass is 321 g/mol. The molecule has 1 heterocycles. The summed E-state index contributed by atoms with van der Waals surface area (Å²) in [5.41, 5.74) is 2.31. The van der Waals surface area contributed by atoms with Crippen molar-refractivity contribution in [1.82, 2.24) is 5.32 Å². The van der Waals surface area contributed by atoms with Crippen LogP contribution in [-0.4, -0.2) is 20.3 Å². The molecule has 0 unspecified atom stereocenters. The van der Waals surface area contributed by atoms with Crippen LogP contribution in [0.5, 0.6) is 17.2 Å². The summed E-state index contributed by atoms with van der Waals surface area (Å²) < 4.78 is 16.9. The number of benzene rings is 2. The average Bonchev–Trinajstić information content (AvgIpc) is 2.54. The number of fused-ring (bicyclic) bond motifs is 1. The van der Waals surface area contributed by atoms with Gasteiger partial charge >= 0.3 is 0 Å². The highest BCUT2D eigenvalue weighted by Gasteiger charge is 2.11. The third-order valence-electron chi connectivity index (χ3n) is 3.32. The third kappa shape index (κ3) is 4.06. The largest absolute Gasteiger partial charge is 0.489 e. The molecule has 0 bridgehead atoms. The van der Waals surface area contributed by atoms with Gasteiger partial charge in [0.05, 0.1) is 0 Å². The molecule has 0 atom stereocenters. The van der Waals surface area contributed by atoms with Gasteiger partial charge in [-0.3, -0.25) is 0 Å². The molecule has 0 spiro atoms. The van der Waals surface area contributed by atoms with Crippen molar-refractivity contribution in [2.75, 3.05) is 20.3 Å². The van der Waals surface area contributed by atoms with Crippen LogP contribution >= 0.6 is 12.4 Å². The van der Waals surface area contributed by atoms with Gasteiger partial charge in [0.1, 0.15) is 25.6 Å². The zero-order valence-electron chi connectivity index (χ0n) is 12.5. The van der Waals surface area contributed by atoms with Crippen LogP contribution in [0.15, 0.2) is 42.5 Å². The summed E-state index contributed by atoms with van der Waals surface area (Å²) in [4.78, 5) is 0. The predicted octanol–water partition coefficient (Wildman–Crippen LogP) is 3.18. The quantitative estimate of drug-likeness (QED) is 0.918. The molecule has 0 radical (unpaired) electrons. The molecule has 5 heteroatoms. The molecule has 0 aliphatic carbocycles. The fraction of sp³-hybridized carbons (Fsp3) is 0.294. The zero-order valence-corrected chi connectivity index (χ0v) is 13.3. The van der Waals surface area contributed by atoms with E-state index in [1.165, 1.54) is 5.56 Å². The second kappa shape index (κ2) is 7.92. The van der Waals surface area contributed by atoms with Crippen LogP contribution in [0.4, 0.5) is 0 Å². The molecule has 3 rings (SSSR count). The summed E-state index contributed by atoms with van der Waals surface area (Å²) in [6.45, 7) is 2.59. The van der Waals surface area contributed by atoms with E-state index in [4.69, 9.17) is 14.2 Å². The van der Waals surface area contributed by atoms with Gasteiger partial charge < -0.3 is 19.5 Å². The molecule has 1 aliphatic rings. The summed E-state index contributed by atoms with van der Waals surface area (Å²) in [6, 6.07) is 14.0. The number of hydrogen-bond donors (Lipinski definition) is 1. The molecule has 4 nitrogen and oxygen atoms in total. The summed E-state index contributed by atoms with van der Waals surface area (Å²) in [5.74, 6) is 2.47. The van der Waals surface area contributed by atoms with Crippen LogP contribution in [0.3, 0.4) is 0 Å². The first kappa shape index (κ1) is 16.5. The van der Waals surface area contributed by atoms with Crippen molar-refractivity contribution in [3.05, 3.63) is 53.6 Å². The topological polar surface area (TPSA) is 39.7 Å². The van der Waals surface area contributed by atoms with E-state index in [0.717, 1.165) is 29.4 Å². The molecule has 0 aromatic heterocycles. The number of halogens is 1. The SMILES string of the molecule is CNCc1ccc(OCc2ccc3c(c2)OCCO3)cc1.Cl. The van der Waals surface area contributed by atoms with Crippen LogP contribution in [0, 0.1) is 0 Å². The van der Waals surface area contributed by atoms with Crippen molar-refractivity contribution in [2.24, 2.45) is 0 Å². The maximum Gasteiger partial charge on any atom is 0.161 e. The standard InChI is InChI=1S/C17H19NO3.ClH/c1-18-11-13-2-5-15(6-3-13)21-12-14-4-7-16-17(10-14)20-9-8-19-16;/h2-7,10,18H,8-9,11-12H2,1H3;1H. The molecule has 1 N–H and O–H groups in total. The highest BCUT2D eigenvalue weighted by Crippen LogP contribution is 2.31. The van der Waals surface area contributed by atoms with E-state index >= 15 is 0 Å². The summed E-state index contributed by atoms with van der Waals surface area (Å²) in [7, 11) is 1.94. The van der Waals surface area contributed by atoms with Gasteiger partial charge in [-0.25, -0.2) is 0 Å². The van der Waals surface area contributed by atoms with E-state index < -0.39 is 0 Å². The lowest BCUT2D eigenvalue weighted by atomic mass is 10.2. The molecule has 1 aliphatic heterocycles. The molecule has 0 fully saturated rings. The Balaban J connectivity index is 0.00000176. The van der Waals surface area contributed by atoms with Crippen LogP contribution in [0.25, 0.3) is 0 Å². The van der Waals surface area contributed by atoms with E-state index in [2.05, 4.69) is 17.4 Å². The Kier molecular flexibility index (Phi) is 5.92. The minimum Gasteiger partial charge on any atom is -0.489 e. The highest BCUT2D eigenvalue weighted by atomic mass is 35.5. The second-order valence-electron chi connectivity index (χ2n) is 4.94. The lowest BCUT2D eigenvalue weighted by molar-refractivity contribution is 0.171. The summed E-state index contributed by atoms with van der Waals surface area (Å²) in [6.07, 6.45) is 0. The van der Waals surface area contributed by atoms with E-state index in [-0.39, 0.29) is 12.4 Å². The zero-order chi connectivity index (χ0) is 14.5. The normalized spacial score (nSPS) is 12.4. The Morgan fingerprint density at radius 1 is 0.955 bits per heavy atom. The van der Waals surface area contributed by atoms with Crippen LogP contribution < -0.4 is 19.5 Å².